The summed E-state index contributed by atoms with van der Waals surface area (Å²) < 4.78 is 0.925. The molecule has 1 fully saturated rings. The maximum absolute atomic E-state index is 11.6. The van der Waals surface area contributed by atoms with E-state index in [9.17, 15) is 9.90 Å². The molecule has 1 aromatic rings. The molecule has 5 heteroatoms. The number of halogens is 2. The Morgan fingerprint density at radius 3 is 2.60 bits per heavy atom. The van der Waals surface area contributed by atoms with E-state index in [4.69, 9.17) is 11.6 Å². The summed E-state index contributed by atoms with van der Waals surface area (Å²) in [5, 5.41) is 10.2. The molecule has 2 rings (SSSR count). The van der Waals surface area contributed by atoms with Crippen LogP contribution in [0.4, 0.5) is 0 Å². The van der Waals surface area contributed by atoms with E-state index in [1.54, 1.807) is 6.07 Å². The van der Waals surface area contributed by atoms with E-state index in [0.717, 1.165) is 16.6 Å². The number of likely N-dealkylation sites (tertiary alicyclic amines) is 1. The van der Waals surface area contributed by atoms with Crippen LogP contribution in [0.1, 0.15) is 32.3 Å². The average Bonchev–Trinajstić information content (AvgIpc) is 2.77. The van der Waals surface area contributed by atoms with Crippen LogP contribution in [-0.4, -0.2) is 34.6 Å². The van der Waals surface area contributed by atoms with E-state index in [1.165, 1.54) is 0 Å². The van der Waals surface area contributed by atoms with Crippen LogP contribution in [0.3, 0.4) is 0 Å². The van der Waals surface area contributed by atoms with Gasteiger partial charge in [-0.1, -0.05) is 27.5 Å². The molecule has 1 N–H and O–H groups in total. The summed E-state index contributed by atoms with van der Waals surface area (Å²) in [7, 11) is 0. The number of benzene rings is 1. The minimum Gasteiger partial charge on any atom is -0.481 e. The van der Waals surface area contributed by atoms with Gasteiger partial charge in [-0.2, -0.15) is 0 Å². The molecule has 0 aromatic heterocycles. The zero-order valence-electron chi connectivity index (χ0n) is 11.9. The summed E-state index contributed by atoms with van der Waals surface area (Å²) in [5.74, 6) is -1.18. The van der Waals surface area contributed by atoms with Crippen LogP contribution in [-0.2, 0) is 4.79 Å². The second-order valence-corrected chi connectivity index (χ2v) is 7.58. The minimum atomic E-state index is -0.742. The molecule has 1 heterocycles. The van der Waals surface area contributed by atoms with E-state index >= 15 is 0 Å². The zero-order chi connectivity index (χ0) is 15.1. The number of hydrogen-bond acceptors (Lipinski definition) is 2. The van der Waals surface area contributed by atoms with Crippen molar-refractivity contribution >= 4 is 33.5 Å². The highest BCUT2D eigenvalue weighted by atomic mass is 79.9. The van der Waals surface area contributed by atoms with Crippen molar-refractivity contribution in [3.05, 3.63) is 33.3 Å². The maximum atomic E-state index is 11.6. The molecule has 0 bridgehead atoms. The molecule has 1 aliphatic heterocycles. The Bertz CT molecular complexity index is 527. The van der Waals surface area contributed by atoms with Gasteiger partial charge in [0.05, 0.1) is 5.92 Å². The lowest BCUT2D eigenvalue weighted by atomic mass is 9.89. The molecular formula is C15H19BrClNO2. The van der Waals surface area contributed by atoms with Gasteiger partial charge < -0.3 is 5.11 Å². The van der Waals surface area contributed by atoms with Crippen LogP contribution >= 0.6 is 27.5 Å². The van der Waals surface area contributed by atoms with Gasteiger partial charge >= 0.3 is 5.97 Å². The molecule has 0 radical (unpaired) electrons. The Kier molecular flexibility index (Phi) is 4.47. The van der Waals surface area contributed by atoms with Crippen LogP contribution in [0.25, 0.3) is 0 Å². The Hall–Kier alpha value is -0.580. The van der Waals surface area contributed by atoms with Crippen LogP contribution < -0.4 is 0 Å². The van der Waals surface area contributed by atoms with Gasteiger partial charge in [0.1, 0.15) is 0 Å². The first-order valence-electron chi connectivity index (χ1n) is 6.63. The minimum absolute atomic E-state index is 0.0342. The lowest BCUT2D eigenvalue weighted by Crippen LogP contribution is -2.40. The van der Waals surface area contributed by atoms with Gasteiger partial charge in [-0.25, -0.2) is 0 Å². The molecule has 0 spiro atoms. The fourth-order valence-corrected chi connectivity index (χ4v) is 3.44. The van der Waals surface area contributed by atoms with Gasteiger partial charge in [-0.15, -0.1) is 0 Å². The third-order valence-corrected chi connectivity index (χ3v) is 4.90. The monoisotopic (exact) mass is 359 g/mol. The van der Waals surface area contributed by atoms with E-state index < -0.39 is 11.9 Å². The predicted molar refractivity (Wildman–Crippen MR) is 84.3 cm³/mol. The number of hydrogen-bond donors (Lipinski definition) is 1. The van der Waals surface area contributed by atoms with E-state index in [1.807, 2.05) is 12.1 Å². The highest BCUT2D eigenvalue weighted by molar-refractivity contribution is 9.10. The van der Waals surface area contributed by atoms with E-state index in [-0.39, 0.29) is 11.5 Å². The molecular weight excluding hydrogens is 342 g/mol. The first-order chi connectivity index (χ1) is 9.20. The van der Waals surface area contributed by atoms with Gasteiger partial charge in [0.2, 0.25) is 0 Å². The largest absolute Gasteiger partial charge is 0.481 e. The van der Waals surface area contributed by atoms with Gasteiger partial charge in [0.25, 0.3) is 0 Å². The van der Waals surface area contributed by atoms with Crippen molar-refractivity contribution in [3.8, 4) is 0 Å². The van der Waals surface area contributed by atoms with Crippen molar-refractivity contribution in [2.45, 2.75) is 32.2 Å². The molecule has 0 aliphatic carbocycles. The summed E-state index contributed by atoms with van der Waals surface area (Å²) in [6.45, 7) is 7.64. The molecule has 1 aromatic carbocycles. The summed E-state index contributed by atoms with van der Waals surface area (Å²) in [6, 6.07) is 5.57. The molecule has 0 unspecified atom stereocenters. The van der Waals surface area contributed by atoms with Gasteiger partial charge in [-0.05, 0) is 44.5 Å². The smallest absolute Gasteiger partial charge is 0.308 e. The summed E-state index contributed by atoms with van der Waals surface area (Å²) in [5.41, 5.74) is 0.949. The Labute approximate surface area is 133 Å². The summed E-state index contributed by atoms with van der Waals surface area (Å²) in [4.78, 5) is 13.8. The Balaban J connectivity index is 2.38. The molecule has 3 nitrogen and oxygen atoms in total. The van der Waals surface area contributed by atoms with Crippen LogP contribution in [0.2, 0.25) is 5.02 Å². The second-order valence-electron chi connectivity index (χ2n) is 6.29. The Morgan fingerprint density at radius 1 is 1.40 bits per heavy atom. The molecule has 0 amide bonds. The van der Waals surface area contributed by atoms with Crippen LogP contribution in [0.15, 0.2) is 22.7 Å². The highest BCUT2D eigenvalue weighted by Gasteiger charge is 2.42. The van der Waals surface area contributed by atoms with E-state index in [0.29, 0.717) is 11.6 Å². The molecule has 20 heavy (non-hydrogen) atoms. The lowest BCUT2D eigenvalue weighted by molar-refractivity contribution is -0.141. The van der Waals surface area contributed by atoms with Crippen molar-refractivity contribution in [2.24, 2.45) is 5.92 Å². The number of nitrogens with zero attached hydrogens (tertiary/aromatic N) is 1. The highest BCUT2D eigenvalue weighted by Crippen LogP contribution is 2.40. The van der Waals surface area contributed by atoms with Crippen molar-refractivity contribution < 1.29 is 9.90 Å². The average molecular weight is 361 g/mol. The van der Waals surface area contributed by atoms with E-state index in [2.05, 4.69) is 41.6 Å². The number of carbonyl (C=O) groups is 1. The van der Waals surface area contributed by atoms with Gasteiger partial charge in [0.15, 0.2) is 0 Å². The number of aliphatic carboxylic acids is 1. The fourth-order valence-electron chi connectivity index (χ4n) is 2.72. The third kappa shape index (κ3) is 3.18. The number of carboxylic acid groups (broad SMARTS) is 1. The Morgan fingerprint density at radius 2 is 2.05 bits per heavy atom. The van der Waals surface area contributed by atoms with Crippen molar-refractivity contribution in [1.29, 1.82) is 0 Å². The molecule has 1 saturated heterocycles. The van der Waals surface area contributed by atoms with Crippen LogP contribution in [0.5, 0.6) is 0 Å². The predicted octanol–water partition coefficient (Wildman–Crippen LogP) is 4.00. The summed E-state index contributed by atoms with van der Waals surface area (Å²) in [6.07, 6.45) is 0. The quantitative estimate of drug-likeness (QED) is 0.866. The topological polar surface area (TPSA) is 40.5 Å². The number of rotatable bonds is 2. The van der Waals surface area contributed by atoms with Crippen molar-refractivity contribution in [3.63, 3.8) is 0 Å². The molecule has 0 saturated carbocycles. The third-order valence-electron chi connectivity index (χ3n) is 3.94. The SMILES string of the molecule is CC(C)(C)N1C[C@H](C(=O)O)[C@@H](c2cc(Cl)ccc2Br)C1. The molecule has 110 valence electrons. The van der Waals surface area contributed by atoms with Gasteiger partial charge in [0, 0.05) is 34.0 Å². The lowest BCUT2D eigenvalue weighted by Gasteiger charge is -2.31. The van der Waals surface area contributed by atoms with Gasteiger partial charge in [-0.3, -0.25) is 9.69 Å². The summed E-state index contributed by atoms with van der Waals surface area (Å²) >= 11 is 9.58. The first-order valence-corrected chi connectivity index (χ1v) is 7.80. The normalized spacial score (nSPS) is 24.1. The maximum Gasteiger partial charge on any atom is 0.308 e. The standard InChI is InChI=1S/C15H19BrClNO2/c1-15(2,3)18-7-11(12(8-18)14(19)20)10-6-9(17)4-5-13(10)16/h4-6,11-12H,7-8H2,1-3H3,(H,19,20)/t11-,12+/m1/s1. The second kappa shape index (κ2) is 5.66. The fraction of sp³-hybridized carbons (Fsp3) is 0.533. The van der Waals surface area contributed by atoms with Crippen LogP contribution in [0, 0.1) is 5.92 Å². The molecule has 1 aliphatic rings. The van der Waals surface area contributed by atoms with Crippen molar-refractivity contribution in [2.75, 3.05) is 13.1 Å². The molecule has 2 atom stereocenters. The van der Waals surface area contributed by atoms with Crippen molar-refractivity contribution in [1.82, 2.24) is 4.90 Å². The zero-order valence-corrected chi connectivity index (χ0v) is 14.2. The number of carboxylic acids is 1. The first kappa shape index (κ1) is 15.8.